The van der Waals surface area contributed by atoms with Gasteiger partial charge in [0, 0.05) is 13.0 Å². The number of carboxylic acid groups (broad SMARTS) is 1. The number of carbonyl (C=O) groups is 3. The largest absolute Gasteiger partial charge is 0.481 e. The van der Waals surface area contributed by atoms with Crippen LogP contribution in [0.3, 0.4) is 0 Å². The monoisotopic (exact) mass is 300 g/mol. The van der Waals surface area contributed by atoms with Gasteiger partial charge in [-0.05, 0) is 25.7 Å². The molecule has 0 aliphatic rings. The first-order chi connectivity index (χ1) is 9.68. The summed E-state index contributed by atoms with van der Waals surface area (Å²) in [6.07, 6.45) is 0.636. The summed E-state index contributed by atoms with van der Waals surface area (Å²) in [7, 11) is 0. The van der Waals surface area contributed by atoms with Crippen LogP contribution in [0.15, 0.2) is 0 Å². The van der Waals surface area contributed by atoms with Gasteiger partial charge < -0.3 is 15.7 Å². The molecule has 6 heteroatoms. The SMILES string of the molecule is CCC(CC)(CC(=O)NC(C)C(=O)NCC(C)C)C(=O)O. The Morgan fingerprint density at radius 3 is 2.00 bits per heavy atom. The van der Waals surface area contributed by atoms with Crippen molar-refractivity contribution in [3.63, 3.8) is 0 Å². The highest BCUT2D eigenvalue weighted by molar-refractivity contribution is 5.89. The lowest BCUT2D eigenvalue weighted by atomic mass is 9.79. The fraction of sp³-hybridized carbons (Fsp3) is 0.800. The second-order valence-corrected chi connectivity index (χ2v) is 5.90. The van der Waals surface area contributed by atoms with E-state index in [0.717, 1.165) is 0 Å². The Bertz CT molecular complexity index is 376. The zero-order chi connectivity index (χ0) is 16.6. The van der Waals surface area contributed by atoms with Crippen LogP contribution >= 0.6 is 0 Å². The Kier molecular flexibility index (Phi) is 7.99. The molecule has 0 saturated heterocycles. The molecule has 0 heterocycles. The molecule has 122 valence electrons. The molecule has 0 bridgehead atoms. The van der Waals surface area contributed by atoms with Gasteiger partial charge in [-0.2, -0.15) is 0 Å². The molecule has 0 spiro atoms. The minimum atomic E-state index is -1.06. The maximum absolute atomic E-state index is 12.0. The van der Waals surface area contributed by atoms with E-state index in [1.54, 1.807) is 20.8 Å². The molecule has 2 amide bonds. The lowest BCUT2D eigenvalue weighted by molar-refractivity contribution is -0.152. The van der Waals surface area contributed by atoms with E-state index in [-0.39, 0.29) is 12.3 Å². The molecule has 6 nitrogen and oxygen atoms in total. The van der Waals surface area contributed by atoms with Crippen LogP contribution in [0.4, 0.5) is 0 Å². The number of nitrogens with one attached hydrogen (secondary N) is 2. The first kappa shape index (κ1) is 19.4. The fourth-order valence-corrected chi connectivity index (χ4v) is 2.00. The van der Waals surface area contributed by atoms with Gasteiger partial charge in [-0.15, -0.1) is 0 Å². The highest BCUT2D eigenvalue weighted by Gasteiger charge is 2.37. The second kappa shape index (κ2) is 8.64. The number of carbonyl (C=O) groups excluding carboxylic acids is 2. The zero-order valence-electron chi connectivity index (χ0n) is 13.7. The molecule has 0 aromatic rings. The second-order valence-electron chi connectivity index (χ2n) is 5.90. The number of rotatable bonds is 9. The van der Waals surface area contributed by atoms with E-state index in [2.05, 4.69) is 10.6 Å². The molecule has 1 atom stereocenters. The van der Waals surface area contributed by atoms with Crippen LogP contribution in [0.5, 0.6) is 0 Å². The number of aliphatic carboxylic acids is 1. The van der Waals surface area contributed by atoms with Crippen molar-refractivity contribution >= 4 is 17.8 Å². The maximum Gasteiger partial charge on any atom is 0.310 e. The van der Waals surface area contributed by atoms with Crippen LogP contribution in [-0.2, 0) is 14.4 Å². The minimum Gasteiger partial charge on any atom is -0.481 e. The topological polar surface area (TPSA) is 95.5 Å². The van der Waals surface area contributed by atoms with Gasteiger partial charge in [0.2, 0.25) is 11.8 Å². The van der Waals surface area contributed by atoms with E-state index < -0.39 is 23.3 Å². The Morgan fingerprint density at radius 1 is 1.10 bits per heavy atom. The van der Waals surface area contributed by atoms with Gasteiger partial charge in [-0.3, -0.25) is 14.4 Å². The minimum absolute atomic E-state index is 0.114. The third-order valence-electron chi connectivity index (χ3n) is 3.76. The molecule has 0 aromatic heterocycles. The van der Waals surface area contributed by atoms with Crippen molar-refractivity contribution in [1.29, 1.82) is 0 Å². The zero-order valence-corrected chi connectivity index (χ0v) is 13.7. The van der Waals surface area contributed by atoms with Gasteiger partial charge in [0.05, 0.1) is 5.41 Å². The summed E-state index contributed by atoms with van der Waals surface area (Å²) in [5, 5.41) is 14.6. The van der Waals surface area contributed by atoms with Gasteiger partial charge in [0.25, 0.3) is 0 Å². The van der Waals surface area contributed by atoms with E-state index in [4.69, 9.17) is 0 Å². The molecular weight excluding hydrogens is 272 g/mol. The highest BCUT2D eigenvalue weighted by atomic mass is 16.4. The van der Waals surface area contributed by atoms with Gasteiger partial charge in [0.15, 0.2) is 0 Å². The van der Waals surface area contributed by atoms with Gasteiger partial charge in [-0.1, -0.05) is 27.7 Å². The van der Waals surface area contributed by atoms with Crippen molar-refractivity contribution < 1.29 is 19.5 Å². The maximum atomic E-state index is 12.0. The molecule has 1 unspecified atom stereocenters. The number of hydrogen-bond donors (Lipinski definition) is 3. The molecule has 0 aromatic carbocycles. The van der Waals surface area contributed by atoms with E-state index in [0.29, 0.717) is 25.3 Å². The number of hydrogen-bond acceptors (Lipinski definition) is 3. The standard InChI is InChI=1S/C15H28N2O4/c1-6-15(7-2,14(20)21)8-12(18)17-11(5)13(19)16-9-10(3)4/h10-11H,6-9H2,1-5H3,(H,16,19)(H,17,18)(H,20,21). The molecule has 0 aliphatic carbocycles. The average molecular weight is 300 g/mol. The van der Waals surface area contributed by atoms with E-state index in [1.807, 2.05) is 13.8 Å². The van der Waals surface area contributed by atoms with Crippen LogP contribution in [-0.4, -0.2) is 35.5 Å². The summed E-state index contributed by atoms with van der Waals surface area (Å²) < 4.78 is 0. The van der Waals surface area contributed by atoms with Crippen molar-refractivity contribution in [2.45, 2.75) is 59.9 Å². The van der Waals surface area contributed by atoms with E-state index in [9.17, 15) is 19.5 Å². The van der Waals surface area contributed by atoms with E-state index >= 15 is 0 Å². The Labute approximate surface area is 126 Å². The molecule has 21 heavy (non-hydrogen) atoms. The van der Waals surface area contributed by atoms with Gasteiger partial charge in [0.1, 0.15) is 6.04 Å². The van der Waals surface area contributed by atoms with Crippen LogP contribution < -0.4 is 10.6 Å². The summed E-state index contributed by atoms with van der Waals surface area (Å²) in [5.74, 6) is -1.31. The first-order valence-electron chi connectivity index (χ1n) is 7.49. The molecule has 0 fully saturated rings. The molecule has 0 radical (unpaired) electrons. The van der Waals surface area contributed by atoms with Crippen molar-refractivity contribution in [3.05, 3.63) is 0 Å². The molecule has 0 rings (SSSR count). The van der Waals surface area contributed by atoms with Crippen molar-refractivity contribution in [2.24, 2.45) is 11.3 Å². The predicted molar refractivity (Wildman–Crippen MR) is 80.7 cm³/mol. The Hall–Kier alpha value is -1.59. The molecular formula is C15H28N2O4. The van der Waals surface area contributed by atoms with Crippen LogP contribution in [0, 0.1) is 11.3 Å². The normalized spacial score (nSPS) is 12.9. The van der Waals surface area contributed by atoms with Gasteiger partial charge in [-0.25, -0.2) is 0 Å². The third-order valence-corrected chi connectivity index (χ3v) is 3.76. The average Bonchev–Trinajstić information content (AvgIpc) is 2.41. The summed E-state index contributed by atoms with van der Waals surface area (Å²) in [5.41, 5.74) is -1.06. The lowest BCUT2D eigenvalue weighted by Crippen LogP contribution is -2.47. The number of carboxylic acids is 1. The summed E-state index contributed by atoms with van der Waals surface area (Å²) in [6, 6.07) is -0.670. The third kappa shape index (κ3) is 6.14. The highest BCUT2D eigenvalue weighted by Crippen LogP contribution is 2.30. The summed E-state index contributed by atoms with van der Waals surface area (Å²) in [6.45, 7) is 9.60. The Morgan fingerprint density at radius 2 is 1.62 bits per heavy atom. The molecule has 3 N–H and O–H groups in total. The molecule has 0 saturated carbocycles. The van der Waals surface area contributed by atoms with E-state index in [1.165, 1.54) is 0 Å². The van der Waals surface area contributed by atoms with Crippen molar-refractivity contribution in [1.82, 2.24) is 10.6 Å². The van der Waals surface area contributed by atoms with Crippen molar-refractivity contribution in [3.8, 4) is 0 Å². The molecule has 0 aliphatic heterocycles. The number of amides is 2. The van der Waals surface area contributed by atoms with Gasteiger partial charge >= 0.3 is 5.97 Å². The van der Waals surface area contributed by atoms with Crippen molar-refractivity contribution in [2.75, 3.05) is 6.54 Å². The quantitative estimate of drug-likeness (QED) is 0.602. The Balaban J connectivity index is 4.54. The van der Waals surface area contributed by atoms with Crippen LogP contribution in [0.1, 0.15) is 53.9 Å². The smallest absolute Gasteiger partial charge is 0.310 e. The predicted octanol–water partition coefficient (Wildman–Crippen LogP) is 1.54. The van der Waals surface area contributed by atoms with Crippen LogP contribution in [0.25, 0.3) is 0 Å². The van der Waals surface area contributed by atoms with Crippen LogP contribution in [0.2, 0.25) is 0 Å². The summed E-state index contributed by atoms with van der Waals surface area (Å²) in [4.78, 5) is 35.1. The lowest BCUT2D eigenvalue weighted by Gasteiger charge is -2.26. The fourth-order valence-electron chi connectivity index (χ4n) is 2.00. The summed E-state index contributed by atoms with van der Waals surface area (Å²) >= 11 is 0. The first-order valence-corrected chi connectivity index (χ1v) is 7.49.